The lowest BCUT2D eigenvalue weighted by molar-refractivity contribution is -0.137. The van der Waals surface area contributed by atoms with E-state index in [9.17, 15) is 18.0 Å². The van der Waals surface area contributed by atoms with E-state index in [1.165, 1.54) is 6.33 Å². The van der Waals surface area contributed by atoms with Crippen molar-refractivity contribution in [2.24, 2.45) is 5.73 Å². The third kappa shape index (κ3) is 4.41. The van der Waals surface area contributed by atoms with E-state index in [1.54, 1.807) is 24.3 Å². The van der Waals surface area contributed by atoms with E-state index in [0.717, 1.165) is 29.2 Å². The van der Waals surface area contributed by atoms with Crippen LogP contribution in [0, 0.1) is 11.8 Å². The molecule has 2 aromatic carbocycles. The van der Waals surface area contributed by atoms with E-state index in [2.05, 4.69) is 21.8 Å². The molecule has 0 radical (unpaired) electrons. The Morgan fingerprint density at radius 3 is 2.13 bits per heavy atom. The first-order chi connectivity index (χ1) is 14.2. The number of anilines is 4. The van der Waals surface area contributed by atoms with Gasteiger partial charge in [-0.3, -0.25) is 4.90 Å². The van der Waals surface area contributed by atoms with Crippen LogP contribution in [0.5, 0.6) is 0 Å². The molecule has 0 spiro atoms. The summed E-state index contributed by atoms with van der Waals surface area (Å²) in [5.41, 5.74) is 17.3. The maximum Gasteiger partial charge on any atom is 0.416 e. The molecular weight excluding hydrogens is 397 g/mol. The van der Waals surface area contributed by atoms with Crippen LogP contribution in [0.2, 0.25) is 0 Å². The number of nitrogen functional groups attached to an aromatic ring is 2. The van der Waals surface area contributed by atoms with Crippen molar-refractivity contribution in [1.82, 2.24) is 9.97 Å². The third-order valence-corrected chi connectivity index (χ3v) is 4.02. The van der Waals surface area contributed by atoms with Gasteiger partial charge in [0.15, 0.2) is 0 Å². The highest BCUT2D eigenvalue weighted by Gasteiger charge is 2.30. The van der Waals surface area contributed by atoms with Crippen LogP contribution in [0.3, 0.4) is 0 Å². The number of nitrogens with zero attached hydrogens (tertiary/aromatic N) is 3. The highest BCUT2D eigenvalue weighted by molar-refractivity contribution is 5.98. The summed E-state index contributed by atoms with van der Waals surface area (Å²) in [6, 6.07) is 9.60. The van der Waals surface area contributed by atoms with E-state index in [4.69, 9.17) is 17.2 Å². The predicted molar refractivity (Wildman–Crippen MR) is 106 cm³/mol. The molecule has 3 rings (SSSR count). The van der Waals surface area contributed by atoms with Gasteiger partial charge >= 0.3 is 12.2 Å². The Bertz CT molecular complexity index is 1130. The molecule has 0 aliphatic heterocycles. The first-order valence-corrected chi connectivity index (χ1v) is 8.41. The standard InChI is InChI=1S/C20H15F3N6O/c21-20(22,23)13-5-7-14(8-6-13)29(19(26)30)15-3-1-2-12(10-15)4-9-16-17(24)27-11-28-18(16)25/h1-3,5-8,10-11H,(H2,26,30)(H4,24,25,27,28). The molecule has 0 atom stereocenters. The maximum absolute atomic E-state index is 12.8. The van der Waals surface area contributed by atoms with Crippen LogP contribution in [0.15, 0.2) is 54.9 Å². The van der Waals surface area contributed by atoms with Gasteiger partial charge < -0.3 is 17.2 Å². The summed E-state index contributed by atoms with van der Waals surface area (Å²) < 4.78 is 38.4. The van der Waals surface area contributed by atoms with Crippen LogP contribution in [0.1, 0.15) is 16.7 Å². The number of halogens is 3. The molecule has 0 fully saturated rings. The Kier molecular flexibility index (Phi) is 5.46. The molecule has 1 heterocycles. The smallest absolute Gasteiger partial charge is 0.382 e. The molecule has 152 valence electrons. The molecule has 0 bridgehead atoms. The molecule has 6 N–H and O–H groups in total. The Balaban J connectivity index is 1.97. The van der Waals surface area contributed by atoms with Crippen molar-refractivity contribution >= 4 is 29.0 Å². The SMILES string of the molecule is NC(=O)N(c1ccc(C(F)(F)F)cc1)c1cccc(C#Cc2c(N)ncnc2N)c1. The number of alkyl halides is 3. The van der Waals surface area contributed by atoms with E-state index in [-0.39, 0.29) is 22.9 Å². The van der Waals surface area contributed by atoms with E-state index >= 15 is 0 Å². The summed E-state index contributed by atoms with van der Waals surface area (Å²) in [4.78, 5) is 20.7. The zero-order chi connectivity index (χ0) is 21.9. The van der Waals surface area contributed by atoms with Crippen molar-refractivity contribution in [3.63, 3.8) is 0 Å². The van der Waals surface area contributed by atoms with Crippen molar-refractivity contribution in [3.8, 4) is 11.8 Å². The number of hydrogen-bond acceptors (Lipinski definition) is 5. The molecule has 0 saturated carbocycles. The van der Waals surface area contributed by atoms with Gasteiger partial charge in [0.25, 0.3) is 0 Å². The Labute approximate surface area is 169 Å². The van der Waals surface area contributed by atoms with Gasteiger partial charge in [-0.25, -0.2) is 14.8 Å². The molecule has 1 aromatic heterocycles. The lowest BCUT2D eigenvalue weighted by atomic mass is 10.1. The number of primary amides is 1. The molecule has 30 heavy (non-hydrogen) atoms. The Morgan fingerprint density at radius 2 is 1.57 bits per heavy atom. The largest absolute Gasteiger partial charge is 0.416 e. The molecule has 0 aliphatic rings. The fraction of sp³-hybridized carbons (Fsp3) is 0.0500. The quantitative estimate of drug-likeness (QED) is 0.557. The minimum atomic E-state index is -4.49. The first kappa shape index (κ1) is 20.5. The van der Waals surface area contributed by atoms with Gasteiger partial charge in [-0.05, 0) is 42.5 Å². The summed E-state index contributed by atoms with van der Waals surface area (Å²) >= 11 is 0. The topological polar surface area (TPSA) is 124 Å². The summed E-state index contributed by atoms with van der Waals surface area (Å²) in [7, 11) is 0. The number of nitrogens with two attached hydrogens (primary N) is 3. The second-order valence-electron chi connectivity index (χ2n) is 6.04. The monoisotopic (exact) mass is 412 g/mol. The summed E-state index contributed by atoms with van der Waals surface area (Å²) in [6.07, 6.45) is -3.28. The number of carbonyl (C=O) groups excluding carboxylic acids is 1. The number of hydrogen-bond donors (Lipinski definition) is 3. The molecule has 2 amide bonds. The number of urea groups is 1. The number of aromatic nitrogens is 2. The lowest BCUT2D eigenvalue weighted by Gasteiger charge is -2.21. The highest BCUT2D eigenvalue weighted by Crippen LogP contribution is 2.32. The molecule has 3 aromatic rings. The third-order valence-electron chi connectivity index (χ3n) is 4.02. The van der Waals surface area contributed by atoms with Gasteiger partial charge in [-0.1, -0.05) is 17.9 Å². The molecular formula is C20H15F3N6O. The first-order valence-electron chi connectivity index (χ1n) is 8.41. The Morgan fingerprint density at radius 1 is 0.933 bits per heavy atom. The van der Waals surface area contributed by atoms with Crippen LogP contribution >= 0.6 is 0 Å². The number of amides is 2. The fourth-order valence-corrected chi connectivity index (χ4v) is 2.60. The molecule has 0 unspecified atom stereocenters. The van der Waals surface area contributed by atoms with Crippen LogP contribution < -0.4 is 22.1 Å². The van der Waals surface area contributed by atoms with Gasteiger partial charge in [0.05, 0.1) is 16.9 Å². The minimum absolute atomic E-state index is 0.120. The maximum atomic E-state index is 12.8. The van der Waals surface area contributed by atoms with Gasteiger partial charge in [0, 0.05) is 5.56 Å². The van der Waals surface area contributed by atoms with Crippen molar-refractivity contribution < 1.29 is 18.0 Å². The van der Waals surface area contributed by atoms with Gasteiger partial charge in [0.1, 0.15) is 23.5 Å². The predicted octanol–water partition coefficient (Wildman–Crippen LogP) is 3.28. The zero-order valence-electron chi connectivity index (χ0n) is 15.3. The molecule has 0 aliphatic carbocycles. The van der Waals surface area contributed by atoms with Crippen molar-refractivity contribution in [3.05, 3.63) is 71.5 Å². The second kappa shape index (κ2) is 8.00. The van der Waals surface area contributed by atoms with E-state index in [0.29, 0.717) is 11.3 Å². The fourth-order valence-electron chi connectivity index (χ4n) is 2.60. The highest BCUT2D eigenvalue weighted by atomic mass is 19.4. The molecule has 0 saturated heterocycles. The average Bonchev–Trinajstić information content (AvgIpc) is 2.67. The lowest BCUT2D eigenvalue weighted by Crippen LogP contribution is -2.31. The summed E-state index contributed by atoms with van der Waals surface area (Å²) in [5, 5.41) is 0. The van der Waals surface area contributed by atoms with Crippen molar-refractivity contribution in [2.45, 2.75) is 6.18 Å². The molecule has 7 nitrogen and oxygen atoms in total. The van der Waals surface area contributed by atoms with Gasteiger partial charge in [-0.15, -0.1) is 0 Å². The van der Waals surface area contributed by atoms with Gasteiger partial charge in [-0.2, -0.15) is 13.2 Å². The number of benzene rings is 2. The van der Waals surface area contributed by atoms with Crippen LogP contribution in [0.4, 0.5) is 41.0 Å². The van der Waals surface area contributed by atoms with Gasteiger partial charge in [0.2, 0.25) is 0 Å². The minimum Gasteiger partial charge on any atom is -0.382 e. The zero-order valence-corrected chi connectivity index (χ0v) is 15.3. The van der Waals surface area contributed by atoms with Crippen LogP contribution in [0.25, 0.3) is 0 Å². The average molecular weight is 412 g/mol. The normalized spacial score (nSPS) is 10.8. The summed E-state index contributed by atoms with van der Waals surface area (Å²) in [6.45, 7) is 0. The van der Waals surface area contributed by atoms with Crippen LogP contribution in [-0.2, 0) is 6.18 Å². The molecule has 10 heteroatoms. The number of rotatable bonds is 2. The van der Waals surface area contributed by atoms with Crippen molar-refractivity contribution in [1.29, 1.82) is 0 Å². The number of carbonyl (C=O) groups is 1. The van der Waals surface area contributed by atoms with Crippen molar-refractivity contribution in [2.75, 3.05) is 16.4 Å². The van der Waals surface area contributed by atoms with E-state index < -0.39 is 17.8 Å². The Hall–Kier alpha value is -4.26. The summed E-state index contributed by atoms with van der Waals surface area (Å²) in [5.74, 6) is 5.85. The second-order valence-corrected chi connectivity index (χ2v) is 6.04. The van der Waals surface area contributed by atoms with E-state index in [1.807, 2.05) is 0 Å². The van der Waals surface area contributed by atoms with Crippen LogP contribution in [-0.4, -0.2) is 16.0 Å².